The number of nitrogens with zero attached hydrogens (tertiary/aromatic N) is 2. The third kappa shape index (κ3) is 5.79. The van der Waals surface area contributed by atoms with E-state index in [-0.39, 0.29) is 0 Å². The van der Waals surface area contributed by atoms with Crippen molar-refractivity contribution >= 4 is 10.8 Å². The van der Waals surface area contributed by atoms with Gasteiger partial charge in [0.05, 0.1) is 11.4 Å². The van der Waals surface area contributed by atoms with Crippen LogP contribution in [0.15, 0.2) is 12.1 Å². The summed E-state index contributed by atoms with van der Waals surface area (Å²) in [6.45, 7) is 9.05. The van der Waals surface area contributed by atoms with Gasteiger partial charge in [0, 0.05) is 16.8 Å². The topological polar surface area (TPSA) is 25.8 Å². The highest BCUT2D eigenvalue weighted by molar-refractivity contribution is 5.87. The van der Waals surface area contributed by atoms with E-state index in [4.69, 9.17) is 9.97 Å². The molecule has 0 atom stereocenters. The molecule has 26 heavy (non-hydrogen) atoms. The fourth-order valence-corrected chi connectivity index (χ4v) is 3.59. The second kappa shape index (κ2) is 11.3. The normalized spacial score (nSPS) is 11.4. The van der Waals surface area contributed by atoms with Crippen LogP contribution in [0.4, 0.5) is 0 Å². The van der Waals surface area contributed by atoms with Gasteiger partial charge in [-0.15, -0.1) is 0 Å². The summed E-state index contributed by atoms with van der Waals surface area (Å²) < 4.78 is 0. The van der Waals surface area contributed by atoms with Crippen LogP contribution < -0.4 is 0 Å². The minimum absolute atomic E-state index is 1.09. The lowest BCUT2D eigenvalue weighted by atomic mass is 9.98. The van der Waals surface area contributed by atoms with Gasteiger partial charge in [0.1, 0.15) is 0 Å². The summed E-state index contributed by atoms with van der Waals surface area (Å²) >= 11 is 0. The van der Waals surface area contributed by atoms with E-state index in [9.17, 15) is 0 Å². The second-order valence-electron chi connectivity index (χ2n) is 7.63. The molecule has 2 aromatic rings. The summed E-state index contributed by atoms with van der Waals surface area (Å²) in [5.74, 6) is 0. The molecule has 0 aliphatic carbocycles. The standard InChI is InChI=1S/C24H38N2/c1-5-9-13-20-17-19-18-21(14-10-6-2)26-23(16-12-8-4)24(19)22(25-20)15-11-7-3/h17-18H,5-16H2,1-4H3. The average molecular weight is 355 g/mol. The number of hydrogen-bond donors (Lipinski definition) is 0. The van der Waals surface area contributed by atoms with Crippen LogP contribution in [0, 0.1) is 0 Å². The van der Waals surface area contributed by atoms with Crippen molar-refractivity contribution in [3.8, 4) is 0 Å². The van der Waals surface area contributed by atoms with E-state index in [1.807, 2.05) is 0 Å². The van der Waals surface area contributed by atoms with Crippen LogP contribution in [-0.4, -0.2) is 9.97 Å². The molecule has 2 heteroatoms. The van der Waals surface area contributed by atoms with Crippen LogP contribution in [-0.2, 0) is 25.7 Å². The van der Waals surface area contributed by atoms with Gasteiger partial charge in [-0.25, -0.2) is 0 Å². The summed E-state index contributed by atoms with van der Waals surface area (Å²) in [6, 6.07) is 4.71. The predicted octanol–water partition coefficient (Wildman–Crippen LogP) is 7.00. The highest BCUT2D eigenvalue weighted by atomic mass is 14.8. The zero-order valence-corrected chi connectivity index (χ0v) is 17.5. The molecular weight excluding hydrogens is 316 g/mol. The van der Waals surface area contributed by atoms with Gasteiger partial charge in [0.15, 0.2) is 0 Å². The fourth-order valence-electron chi connectivity index (χ4n) is 3.59. The van der Waals surface area contributed by atoms with Gasteiger partial charge in [-0.1, -0.05) is 53.4 Å². The van der Waals surface area contributed by atoms with Crippen molar-refractivity contribution in [3.63, 3.8) is 0 Å². The molecule has 0 N–H and O–H groups in total. The first-order chi connectivity index (χ1) is 12.7. The highest BCUT2D eigenvalue weighted by Crippen LogP contribution is 2.27. The molecule has 0 saturated carbocycles. The molecular formula is C24H38N2. The Kier molecular flexibility index (Phi) is 9.08. The quantitative estimate of drug-likeness (QED) is 0.410. The Morgan fingerprint density at radius 2 is 0.962 bits per heavy atom. The van der Waals surface area contributed by atoms with Crippen molar-refractivity contribution < 1.29 is 0 Å². The van der Waals surface area contributed by atoms with Gasteiger partial charge in [0.2, 0.25) is 0 Å². The second-order valence-corrected chi connectivity index (χ2v) is 7.63. The van der Waals surface area contributed by atoms with Gasteiger partial charge in [-0.05, 0) is 68.9 Å². The van der Waals surface area contributed by atoms with Crippen molar-refractivity contribution in [2.75, 3.05) is 0 Å². The Morgan fingerprint density at radius 3 is 1.35 bits per heavy atom. The van der Waals surface area contributed by atoms with E-state index in [2.05, 4.69) is 39.8 Å². The lowest BCUT2D eigenvalue weighted by molar-refractivity contribution is 0.739. The van der Waals surface area contributed by atoms with E-state index in [1.165, 1.54) is 84.9 Å². The Bertz CT molecular complexity index is 621. The van der Waals surface area contributed by atoms with E-state index in [0.29, 0.717) is 0 Å². The van der Waals surface area contributed by atoms with Crippen molar-refractivity contribution in [2.45, 2.75) is 105 Å². The fraction of sp³-hybridized carbons (Fsp3) is 0.667. The Labute approximate surface area is 160 Å². The van der Waals surface area contributed by atoms with Gasteiger partial charge in [-0.2, -0.15) is 0 Å². The maximum atomic E-state index is 5.10. The first-order valence-corrected chi connectivity index (χ1v) is 11.0. The molecule has 0 unspecified atom stereocenters. The van der Waals surface area contributed by atoms with Gasteiger partial charge in [-0.3, -0.25) is 9.97 Å². The lowest BCUT2D eigenvalue weighted by Crippen LogP contribution is -2.05. The number of unbranched alkanes of at least 4 members (excludes halogenated alkanes) is 4. The predicted molar refractivity (Wildman–Crippen MR) is 114 cm³/mol. The number of aryl methyl sites for hydroxylation is 4. The smallest absolute Gasteiger partial charge is 0.0503 e. The summed E-state index contributed by atoms with van der Waals surface area (Å²) in [6.07, 6.45) is 14.1. The third-order valence-electron chi connectivity index (χ3n) is 5.17. The zero-order chi connectivity index (χ0) is 18.8. The van der Waals surface area contributed by atoms with E-state index < -0.39 is 0 Å². The minimum Gasteiger partial charge on any atom is -0.257 e. The Hall–Kier alpha value is -1.44. The lowest BCUT2D eigenvalue weighted by Gasteiger charge is -2.15. The molecule has 0 radical (unpaired) electrons. The van der Waals surface area contributed by atoms with Crippen LogP contribution in [0.25, 0.3) is 10.8 Å². The number of hydrogen-bond acceptors (Lipinski definition) is 2. The minimum atomic E-state index is 1.09. The maximum Gasteiger partial charge on any atom is 0.0503 e. The number of rotatable bonds is 12. The molecule has 0 spiro atoms. The number of aromatic nitrogens is 2. The Morgan fingerprint density at radius 1 is 0.577 bits per heavy atom. The molecule has 0 bridgehead atoms. The van der Waals surface area contributed by atoms with Crippen LogP contribution in [0.5, 0.6) is 0 Å². The summed E-state index contributed by atoms with van der Waals surface area (Å²) in [7, 11) is 0. The monoisotopic (exact) mass is 354 g/mol. The van der Waals surface area contributed by atoms with Crippen LogP contribution in [0.2, 0.25) is 0 Å². The average Bonchev–Trinajstić information content (AvgIpc) is 2.66. The maximum absolute atomic E-state index is 5.10. The van der Waals surface area contributed by atoms with E-state index in [1.54, 1.807) is 0 Å². The molecule has 0 aromatic carbocycles. The molecule has 144 valence electrons. The van der Waals surface area contributed by atoms with Crippen molar-refractivity contribution in [1.82, 2.24) is 9.97 Å². The Balaban J connectivity index is 2.53. The first kappa shape index (κ1) is 20.9. The largest absolute Gasteiger partial charge is 0.257 e. The van der Waals surface area contributed by atoms with Crippen LogP contribution >= 0.6 is 0 Å². The van der Waals surface area contributed by atoms with Crippen molar-refractivity contribution in [3.05, 3.63) is 34.9 Å². The zero-order valence-electron chi connectivity index (χ0n) is 17.5. The first-order valence-electron chi connectivity index (χ1n) is 11.0. The molecule has 0 aliphatic rings. The molecule has 2 aromatic heterocycles. The molecule has 0 fully saturated rings. The molecule has 0 aliphatic heterocycles. The highest BCUT2D eigenvalue weighted by Gasteiger charge is 2.13. The number of fused-ring (bicyclic) bond motifs is 1. The van der Waals surface area contributed by atoms with Gasteiger partial charge in [0.25, 0.3) is 0 Å². The summed E-state index contributed by atoms with van der Waals surface area (Å²) in [5.41, 5.74) is 5.16. The van der Waals surface area contributed by atoms with Crippen molar-refractivity contribution in [1.29, 1.82) is 0 Å². The van der Waals surface area contributed by atoms with E-state index >= 15 is 0 Å². The molecule has 0 saturated heterocycles. The van der Waals surface area contributed by atoms with Crippen LogP contribution in [0.1, 0.15) is 102 Å². The molecule has 2 nitrogen and oxygen atoms in total. The van der Waals surface area contributed by atoms with Crippen molar-refractivity contribution in [2.24, 2.45) is 0 Å². The van der Waals surface area contributed by atoms with Gasteiger partial charge < -0.3 is 0 Å². The third-order valence-corrected chi connectivity index (χ3v) is 5.17. The molecule has 0 amide bonds. The number of pyridine rings is 2. The van der Waals surface area contributed by atoms with Crippen LogP contribution in [0.3, 0.4) is 0 Å². The molecule has 2 heterocycles. The summed E-state index contributed by atoms with van der Waals surface area (Å²) in [5, 5.41) is 2.76. The summed E-state index contributed by atoms with van der Waals surface area (Å²) in [4.78, 5) is 10.2. The SMILES string of the molecule is CCCCc1cc2cc(CCCC)nc(CCCC)c2c(CCCC)n1. The van der Waals surface area contributed by atoms with Gasteiger partial charge >= 0.3 is 0 Å². The van der Waals surface area contributed by atoms with E-state index in [0.717, 1.165) is 25.7 Å². The molecule has 2 rings (SSSR count).